The second kappa shape index (κ2) is 7.98. The van der Waals surface area contributed by atoms with E-state index in [0.717, 1.165) is 18.0 Å². The third-order valence-electron chi connectivity index (χ3n) is 3.82. The molecule has 0 atom stereocenters. The third-order valence-corrected chi connectivity index (χ3v) is 5.54. The molecule has 0 spiro atoms. The van der Waals surface area contributed by atoms with Crippen LogP contribution in [0.3, 0.4) is 0 Å². The SMILES string of the molecule is CCS(=O)(=O)C(=CN(C)C)C(=O)c1nnc(C(F)(F)C(F)(F)C(F)(F)C(F)(F)F)n1C. The first-order valence-corrected chi connectivity index (χ1v) is 9.57. The van der Waals surface area contributed by atoms with Gasteiger partial charge < -0.3 is 9.47 Å². The Labute approximate surface area is 169 Å². The molecule has 178 valence electrons. The molecule has 0 aliphatic carbocycles. The Morgan fingerprint density at radius 1 is 1.00 bits per heavy atom. The molecule has 1 aromatic heterocycles. The summed E-state index contributed by atoms with van der Waals surface area (Å²) in [7, 11) is -1.39. The summed E-state index contributed by atoms with van der Waals surface area (Å²) in [5, 5.41) is 5.28. The smallest absolute Gasteiger partial charge is 0.382 e. The van der Waals surface area contributed by atoms with Gasteiger partial charge in [0.1, 0.15) is 4.91 Å². The Morgan fingerprint density at radius 3 is 1.87 bits per heavy atom. The first kappa shape index (κ1) is 26.7. The van der Waals surface area contributed by atoms with Crippen LogP contribution in [0.1, 0.15) is 23.4 Å². The number of aromatic nitrogens is 3. The van der Waals surface area contributed by atoms with Gasteiger partial charge >= 0.3 is 23.9 Å². The average molecular weight is 490 g/mol. The highest BCUT2D eigenvalue weighted by molar-refractivity contribution is 7.96. The number of alkyl halides is 9. The minimum atomic E-state index is -7.18. The van der Waals surface area contributed by atoms with Gasteiger partial charge in [0, 0.05) is 27.3 Å². The maximum atomic E-state index is 14.1. The molecule has 0 saturated carbocycles. The number of nitrogens with zero attached hydrogens (tertiary/aromatic N) is 4. The van der Waals surface area contributed by atoms with Crippen molar-refractivity contribution >= 4 is 15.6 Å². The van der Waals surface area contributed by atoms with E-state index < -0.39 is 61.9 Å². The van der Waals surface area contributed by atoms with E-state index in [1.165, 1.54) is 14.1 Å². The van der Waals surface area contributed by atoms with Crippen LogP contribution in [0.25, 0.3) is 0 Å². The highest BCUT2D eigenvalue weighted by Gasteiger charge is 2.83. The fourth-order valence-corrected chi connectivity index (χ4v) is 3.15. The van der Waals surface area contributed by atoms with Crippen LogP contribution >= 0.6 is 0 Å². The minimum absolute atomic E-state index is 0.280. The van der Waals surface area contributed by atoms with Crippen molar-refractivity contribution in [2.75, 3.05) is 19.8 Å². The summed E-state index contributed by atoms with van der Waals surface area (Å²) in [5.74, 6) is -26.5. The normalized spacial score (nSPS) is 14.7. The van der Waals surface area contributed by atoms with E-state index in [1.54, 1.807) is 0 Å². The number of carbonyl (C=O) groups is 1. The number of Topliss-reactive ketones (excluding diaryl/α,β-unsaturated/α-hetero) is 1. The molecule has 7 nitrogen and oxygen atoms in total. The fourth-order valence-electron chi connectivity index (χ4n) is 2.10. The van der Waals surface area contributed by atoms with Gasteiger partial charge in [-0.3, -0.25) is 4.79 Å². The molecule has 0 unspecified atom stereocenters. The Bertz CT molecular complexity index is 982. The van der Waals surface area contributed by atoms with Crippen LogP contribution in [0.5, 0.6) is 0 Å². The van der Waals surface area contributed by atoms with Crippen LogP contribution in [-0.4, -0.2) is 71.7 Å². The average Bonchev–Trinajstić information content (AvgIpc) is 2.99. The molecule has 1 heterocycles. The highest BCUT2D eigenvalue weighted by Crippen LogP contribution is 2.56. The number of allylic oxidation sites excluding steroid dienone is 1. The second-order valence-corrected chi connectivity index (χ2v) is 8.56. The van der Waals surface area contributed by atoms with Crippen LogP contribution in [0.2, 0.25) is 0 Å². The summed E-state index contributed by atoms with van der Waals surface area (Å²) in [6, 6.07) is 0. The maximum Gasteiger partial charge on any atom is 0.460 e. The number of carbonyl (C=O) groups excluding carboxylic acids is 1. The molecule has 31 heavy (non-hydrogen) atoms. The molecular weight excluding hydrogens is 475 g/mol. The maximum absolute atomic E-state index is 14.1. The summed E-state index contributed by atoms with van der Waals surface area (Å²) in [5.41, 5.74) is 0. The van der Waals surface area contributed by atoms with Crippen molar-refractivity contribution in [1.82, 2.24) is 19.7 Å². The van der Waals surface area contributed by atoms with Gasteiger partial charge in [-0.15, -0.1) is 10.2 Å². The fraction of sp³-hybridized carbons (Fsp3) is 0.643. The van der Waals surface area contributed by atoms with Crippen molar-refractivity contribution in [3.63, 3.8) is 0 Å². The van der Waals surface area contributed by atoms with Crippen molar-refractivity contribution in [2.24, 2.45) is 7.05 Å². The number of ketones is 1. The zero-order valence-electron chi connectivity index (χ0n) is 16.1. The van der Waals surface area contributed by atoms with E-state index in [9.17, 15) is 52.7 Å². The first-order valence-electron chi connectivity index (χ1n) is 7.92. The van der Waals surface area contributed by atoms with Crippen molar-refractivity contribution in [3.8, 4) is 0 Å². The predicted octanol–water partition coefficient (Wildman–Crippen LogP) is 2.76. The molecule has 0 saturated heterocycles. The largest absolute Gasteiger partial charge is 0.460 e. The number of rotatable bonds is 8. The molecule has 1 rings (SSSR count). The van der Waals surface area contributed by atoms with Crippen LogP contribution in [0, 0.1) is 0 Å². The van der Waals surface area contributed by atoms with Gasteiger partial charge in [-0.1, -0.05) is 6.92 Å². The molecule has 0 N–H and O–H groups in total. The zero-order valence-corrected chi connectivity index (χ0v) is 16.9. The molecule has 0 amide bonds. The van der Waals surface area contributed by atoms with Crippen molar-refractivity contribution in [1.29, 1.82) is 0 Å². The minimum Gasteiger partial charge on any atom is -0.382 e. The third kappa shape index (κ3) is 4.36. The lowest BCUT2D eigenvalue weighted by Gasteiger charge is -2.32. The van der Waals surface area contributed by atoms with Gasteiger partial charge in [-0.25, -0.2) is 8.42 Å². The van der Waals surface area contributed by atoms with Crippen molar-refractivity contribution in [2.45, 2.75) is 30.9 Å². The molecule has 1 aromatic rings. The Hall–Kier alpha value is -2.33. The summed E-state index contributed by atoms with van der Waals surface area (Å²) in [4.78, 5) is 12.5. The predicted molar refractivity (Wildman–Crippen MR) is 86.4 cm³/mol. The van der Waals surface area contributed by atoms with Crippen LogP contribution in [-0.2, 0) is 22.8 Å². The van der Waals surface area contributed by atoms with Gasteiger partial charge in [0.05, 0.1) is 5.75 Å². The topological polar surface area (TPSA) is 85.2 Å². The lowest BCUT2D eigenvalue weighted by molar-refractivity contribution is -0.401. The zero-order chi connectivity index (χ0) is 24.8. The lowest BCUT2D eigenvalue weighted by atomic mass is 10.0. The Balaban J connectivity index is 3.65. The number of hydrogen-bond acceptors (Lipinski definition) is 6. The quantitative estimate of drug-likeness (QED) is 0.317. The molecule has 0 aliphatic heterocycles. The van der Waals surface area contributed by atoms with Gasteiger partial charge in [0.2, 0.25) is 17.4 Å². The van der Waals surface area contributed by atoms with Gasteiger partial charge in [-0.05, 0) is 0 Å². The molecule has 0 aliphatic rings. The van der Waals surface area contributed by atoms with Gasteiger partial charge in [0.25, 0.3) is 0 Å². The van der Waals surface area contributed by atoms with Crippen LogP contribution in [0.4, 0.5) is 39.5 Å². The van der Waals surface area contributed by atoms with Gasteiger partial charge in [0.15, 0.2) is 9.84 Å². The number of hydrogen-bond donors (Lipinski definition) is 0. The number of sulfone groups is 1. The van der Waals surface area contributed by atoms with Crippen LogP contribution in [0.15, 0.2) is 11.1 Å². The summed E-state index contributed by atoms with van der Waals surface area (Å²) >= 11 is 0. The van der Waals surface area contributed by atoms with Crippen molar-refractivity contribution < 1.29 is 52.7 Å². The van der Waals surface area contributed by atoms with E-state index >= 15 is 0 Å². The Morgan fingerprint density at radius 2 is 1.48 bits per heavy atom. The molecule has 0 radical (unpaired) electrons. The first-order chi connectivity index (χ1) is 13.7. The summed E-state index contributed by atoms with van der Waals surface area (Å²) < 4.78 is 142. The second-order valence-electron chi connectivity index (χ2n) is 6.32. The standard InChI is InChI=1S/C14H15F9N4O3S/c1-5-31(29,30)7(6-26(2)3)8(28)9-24-25-10(27(9)4)11(15,16)12(17,18)13(19,20)14(21,22)23/h6H,5H2,1-4H3. The van der Waals surface area contributed by atoms with Gasteiger partial charge in [-0.2, -0.15) is 39.5 Å². The van der Waals surface area contributed by atoms with E-state index in [-0.39, 0.29) is 4.57 Å². The van der Waals surface area contributed by atoms with E-state index in [1.807, 2.05) is 0 Å². The van der Waals surface area contributed by atoms with E-state index in [4.69, 9.17) is 0 Å². The molecule has 0 aromatic carbocycles. The Kier molecular flexibility index (Phi) is 6.87. The summed E-state index contributed by atoms with van der Waals surface area (Å²) in [6.07, 6.45) is -6.31. The van der Waals surface area contributed by atoms with E-state index in [2.05, 4.69) is 10.2 Å². The lowest BCUT2D eigenvalue weighted by Crippen LogP contribution is -2.60. The molecule has 0 fully saturated rings. The number of halogens is 9. The monoisotopic (exact) mass is 490 g/mol. The molecule has 17 heteroatoms. The molecular formula is C14H15F9N4O3S. The summed E-state index contributed by atoms with van der Waals surface area (Å²) in [6.45, 7) is 1.11. The van der Waals surface area contributed by atoms with Crippen molar-refractivity contribution in [3.05, 3.63) is 22.8 Å². The highest BCUT2D eigenvalue weighted by atomic mass is 32.2. The van der Waals surface area contributed by atoms with Crippen LogP contribution < -0.4 is 0 Å². The molecule has 0 bridgehead atoms. The van der Waals surface area contributed by atoms with E-state index in [0.29, 0.717) is 7.05 Å².